The zero-order chi connectivity index (χ0) is 44.1. The predicted molar refractivity (Wildman–Crippen MR) is 234 cm³/mol. The van der Waals surface area contributed by atoms with Gasteiger partial charge in [0.05, 0.1) is 17.6 Å². The van der Waals surface area contributed by atoms with E-state index in [1.165, 1.54) is 29.3 Å². The Kier molecular flexibility index (Phi) is 10.9. The van der Waals surface area contributed by atoms with Gasteiger partial charge >= 0.3 is 0 Å². The van der Waals surface area contributed by atoms with Crippen LogP contribution in [0.3, 0.4) is 0 Å². The smallest absolute Gasteiger partial charge is 0.158 e. The summed E-state index contributed by atoms with van der Waals surface area (Å²) in [5.41, 5.74) is 10.6. The molecule has 9 rings (SSSR count). The second-order valence-corrected chi connectivity index (χ2v) is 16.3. The number of pyridine rings is 1. The molecule has 0 atom stereocenters. The fraction of sp³-hybridized carbons (Fsp3) is 0.216. The van der Waals surface area contributed by atoms with Crippen molar-refractivity contribution in [1.29, 1.82) is 0 Å². The first kappa shape index (κ1) is 38.3. The summed E-state index contributed by atoms with van der Waals surface area (Å²) in [6, 6.07) is 35.1. The number of aromatic nitrogens is 5. The van der Waals surface area contributed by atoms with Gasteiger partial charge in [0, 0.05) is 47.3 Å². The molecule has 60 heavy (non-hydrogen) atoms. The molecule has 6 nitrogen and oxygen atoms in total. The van der Waals surface area contributed by atoms with Gasteiger partial charge in [0.2, 0.25) is 0 Å². The van der Waals surface area contributed by atoms with E-state index in [0.717, 1.165) is 56.0 Å². The SMILES string of the molecule is CC(C)c1cccc(C(C)C)c1-n1c(-c2[c-]ccc3c2oc2cc(-c4ccc(F)cc4)ccc23)nc2cncnc21.[2H]C([2H])([2H])c1c[c-]c(-c2ccc(C(C)(C)C)cn2)c(F)c1.[Ir]. The van der Waals surface area contributed by atoms with Crippen LogP contribution < -0.4 is 0 Å². The number of aryl methyl sites for hydroxylation is 1. The van der Waals surface area contributed by atoms with Gasteiger partial charge in [0.15, 0.2) is 5.65 Å². The summed E-state index contributed by atoms with van der Waals surface area (Å²) < 4.78 is 58.2. The minimum Gasteiger partial charge on any atom is -0.501 e. The molecule has 1 radical (unpaired) electrons. The van der Waals surface area contributed by atoms with Crippen molar-refractivity contribution in [1.82, 2.24) is 24.5 Å². The Morgan fingerprint density at radius 3 is 2.17 bits per heavy atom. The summed E-state index contributed by atoms with van der Waals surface area (Å²) in [6.07, 6.45) is 5.03. The van der Waals surface area contributed by atoms with Gasteiger partial charge in [-0.1, -0.05) is 126 Å². The quantitative estimate of drug-likeness (QED) is 0.155. The zero-order valence-corrected chi connectivity index (χ0v) is 36.8. The van der Waals surface area contributed by atoms with Crippen molar-refractivity contribution in [3.63, 3.8) is 0 Å². The average Bonchev–Trinajstić information content (AvgIpc) is 3.81. The number of imidazole rings is 1. The number of hydrogen-bond acceptors (Lipinski definition) is 5. The predicted octanol–water partition coefficient (Wildman–Crippen LogP) is 13.5. The number of nitrogens with zero attached hydrogens (tertiary/aromatic N) is 5. The third kappa shape index (κ3) is 8.17. The maximum atomic E-state index is 14.1. The van der Waals surface area contributed by atoms with Crippen LogP contribution >= 0.6 is 0 Å². The summed E-state index contributed by atoms with van der Waals surface area (Å²) in [6.45, 7) is 12.7. The molecule has 0 unspecified atom stereocenters. The van der Waals surface area contributed by atoms with Crippen LogP contribution in [0.5, 0.6) is 0 Å². The zero-order valence-electron chi connectivity index (χ0n) is 37.4. The number of fused-ring (bicyclic) bond motifs is 4. The molecule has 4 aromatic heterocycles. The van der Waals surface area contributed by atoms with Gasteiger partial charge in [0.25, 0.3) is 0 Å². The van der Waals surface area contributed by atoms with Crippen molar-refractivity contribution in [3.05, 3.63) is 162 Å². The second kappa shape index (κ2) is 17.0. The summed E-state index contributed by atoms with van der Waals surface area (Å²) >= 11 is 0. The number of furan rings is 1. The monoisotopic (exact) mass is 977 g/mol. The van der Waals surface area contributed by atoms with Crippen LogP contribution in [0.2, 0.25) is 0 Å². The third-order valence-corrected chi connectivity index (χ3v) is 10.5. The molecule has 0 aliphatic carbocycles. The maximum absolute atomic E-state index is 14.1. The van der Waals surface area contributed by atoms with Crippen LogP contribution in [0, 0.1) is 30.6 Å². The van der Waals surface area contributed by atoms with Gasteiger partial charge in [-0.05, 0) is 69.0 Å². The number of halogens is 2. The average molecular weight is 977 g/mol. The first-order chi connectivity index (χ1) is 29.5. The molecule has 0 fully saturated rings. The molecule has 9 aromatic rings. The summed E-state index contributed by atoms with van der Waals surface area (Å²) in [5.74, 6) is 0.392. The van der Waals surface area contributed by atoms with Crippen molar-refractivity contribution in [3.8, 4) is 39.5 Å². The summed E-state index contributed by atoms with van der Waals surface area (Å²) in [5, 5.41) is 1.97. The molecule has 305 valence electrons. The molecule has 4 heterocycles. The molecule has 0 saturated carbocycles. The van der Waals surface area contributed by atoms with Gasteiger partial charge in [-0.3, -0.25) is 9.37 Å². The van der Waals surface area contributed by atoms with E-state index in [4.69, 9.17) is 18.5 Å². The normalized spacial score (nSPS) is 12.6. The molecule has 0 N–H and O–H groups in total. The Labute approximate surface area is 367 Å². The molecule has 0 amide bonds. The van der Waals surface area contributed by atoms with E-state index in [1.807, 2.05) is 30.3 Å². The van der Waals surface area contributed by atoms with Crippen LogP contribution in [-0.2, 0) is 25.5 Å². The molecule has 0 bridgehead atoms. The molecule has 0 spiro atoms. The second-order valence-electron chi connectivity index (χ2n) is 16.3. The number of benzene rings is 5. The Hall–Kier alpha value is -5.89. The van der Waals surface area contributed by atoms with E-state index in [2.05, 4.69) is 99.4 Å². The van der Waals surface area contributed by atoms with Crippen LogP contribution in [0.15, 0.2) is 120 Å². The van der Waals surface area contributed by atoms with Crippen molar-refractivity contribution >= 4 is 33.1 Å². The molecule has 0 saturated heterocycles. The van der Waals surface area contributed by atoms with Crippen LogP contribution in [0.1, 0.15) is 86.7 Å². The van der Waals surface area contributed by atoms with Crippen molar-refractivity contribution in [2.75, 3.05) is 0 Å². The van der Waals surface area contributed by atoms with Gasteiger partial charge < -0.3 is 14.0 Å². The van der Waals surface area contributed by atoms with Crippen molar-refractivity contribution < 1.29 is 37.4 Å². The molecule has 9 heteroatoms. The number of para-hydroxylation sites is 1. The maximum Gasteiger partial charge on any atom is 0.158 e. The minimum absolute atomic E-state index is 0. The Morgan fingerprint density at radius 1 is 0.783 bits per heavy atom. The van der Waals surface area contributed by atoms with E-state index in [-0.39, 0.29) is 54.3 Å². The van der Waals surface area contributed by atoms with E-state index >= 15 is 0 Å². The van der Waals surface area contributed by atoms with Gasteiger partial charge in [-0.2, -0.15) is 0 Å². The Bertz CT molecular complexity index is 3050. The first-order valence-electron chi connectivity index (χ1n) is 21.1. The Balaban J connectivity index is 0.000000229. The molecule has 0 aliphatic heterocycles. The standard InChI is InChI=1S/C35H28FN4O.C16H17FN.Ir/c1-20(2)25-7-5-8-26(21(3)4)32(25)40-34(39-30-18-37-19-38-35(30)40)29-10-6-9-28-27-16-13-23(17-31(27)41-33(28)29)22-11-14-24(36)15-12-22;1-11-5-7-13(14(17)9-11)15-8-6-12(10-18-15)16(2,3)4;/h5-9,11-21H,1-4H3;5-6,8-10H,1-4H3;/q2*-1;/i;1D3;. The summed E-state index contributed by atoms with van der Waals surface area (Å²) in [4.78, 5) is 18.3. The fourth-order valence-electron chi connectivity index (χ4n) is 7.36. The number of hydrogen-bond donors (Lipinski definition) is 0. The van der Waals surface area contributed by atoms with Crippen molar-refractivity contribution in [2.24, 2.45) is 0 Å². The number of rotatable bonds is 6. The van der Waals surface area contributed by atoms with Gasteiger partial charge in [-0.15, -0.1) is 42.0 Å². The topological polar surface area (TPSA) is 69.6 Å². The molecular formula is C51H45F2IrN5O-2. The molecule has 0 aliphatic rings. The van der Waals surface area contributed by atoms with E-state index in [1.54, 1.807) is 36.9 Å². The van der Waals surface area contributed by atoms with Gasteiger partial charge in [0.1, 0.15) is 23.2 Å². The first-order valence-corrected chi connectivity index (χ1v) is 19.6. The Morgan fingerprint density at radius 2 is 1.52 bits per heavy atom. The van der Waals surface area contributed by atoms with Gasteiger partial charge in [-0.25, -0.2) is 14.4 Å². The minimum atomic E-state index is -2.33. The summed E-state index contributed by atoms with van der Waals surface area (Å²) in [7, 11) is 0. The van der Waals surface area contributed by atoms with Crippen LogP contribution in [-0.4, -0.2) is 24.5 Å². The van der Waals surface area contributed by atoms with E-state index in [0.29, 0.717) is 22.6 Å². The fourth-order valence-corrected chi connectivity index (χ4v) is 7.36. The largest absolute Gasteiger partial charge is 0.501 e. The van der Waals surface area contributed by atoms with Crippen LogP contribution in [0.25, 0.3) is 72.6 Å². The molecular weight excluding hydrogens is 929 g/mol. The van der Waals surface area contributed by atoms with Crippen LogP contribution in [0.4, 0.5) is 8.78 Å². The van der Waals surface area contributed by atoms with E-state index < -0.39 is 12.7 Å². The molecule has 5 aromatic carbocycles. The van der Waals surface area contributed by atoms with Crippen molar-refractivity contribution in [2.45, 2.75) is 72.6 Å². The van der Waals surface area contributed by atoms with E-state index in [9.17, 15) is 8.78 Å². The third-order valence-electron chi connectivity index (χ3n) is 10.5.